The first-order valence-corrected chi connectivity index (χ1v) is 5.36. The van der Waals surface area contributed by atoms with Crippen LogP contribution in [0.1, 0.15) is 5.56 Å². The average molecular weight is 254 g/mol. The lowest BCUT2D eigenvalue weighted by atomic mass is 10.3. The Morgan fingerprint density at radius 2 is 2.24 bits per heavy atom. The number of nitrogens with zero attached hydrogens (tertiary/aromatic N) is 1. The van der Waals surface area contributed by atoms with Crippen LogP contribution >= 0.6 is 12.2 Å². The van der Waals surface area contributed by atoms with E-state index in [1.54, 1.807) is 18.3 Å². The van der Waals surface area contributed by atoms with Gasteiger partial charge in [0, 0.05) is 18.3 Å². The molecule has 0 spiro atoms. The van der Waals surface area contributed by atoms with E-state index in [1.165, 1.54) is 0 Å². The third-order valence-electron chi connectivity index (χ3n) is 1.84. The number of hydrogen-bond donors (Lipinski definition) is 3. The molecule has 5 N–H and O–H groups in total. The summed E-state index contributed by atoms with van der Waals surface area (Å²) in [5.74, 6) is 0.205. The van der Waals surface area contributed by atoms with Gasteiger partial charge in [-0.1, -0.05) is 12.2 Å². The Hall–Kier alpha value is -1.73. The fourth-order valence-corrected chi connectivity index (χ4v) is 1.19. The molecule has 1 aromatic rings. The van der Waals surface area contributed by atoms with Crippen molar-refractivity contribution in [2.75, 3.05) is 25.1 Å². The van der Waals surface area contributed by atoms with E-state index in [-0.39, 0.29) is 6.61 Å². The van der Waals surface area contributed by atoms with Gasteiger partial charge in [0.15, 0.2) is 0 Å². The van der Waals surface area contributed by atoms with Crippen molar-refractivity contribution in [2.45, 2.75) is 0 Å². The van der Waals surface area contributed by atoms with E-state index in [0.717, 1.165) is 5.56 Å². The van der Waals surface area contributed by atoms with Crippen molar-refractivity contribution in [1.29, 1.82) is 0 Å². The lowest BCUT2D eigenvalue weighted by molar-refractivity contribution is -0.122. The fraction of sp³-hybridized carbons (Fsp3) is 0.300. The van der Waals surface area contributed by atoms with Crippen molar-refractivity contribution in [3.63, 3.8) is 0 Å². The van der Waals surface area contributed by atoms with Crippen molar-refractivity contribution >= 4 is 28.9 Å². The SMILES string of the molecule is NC(=O)COCCNc1ccc(C(N)=S)cn1. The standard InChI is InChI=1S/C10H14N4O2S/c11-8(15)6-16-4-3-13-9-2-1-7(5-14-9)10(12)17/h1-2,5H,3-4,6H2,(H2,11,15)(H2,12,17)(H,13,14). The van der Waals surface area contributed by atoms with Gasteiger partial charge in [0.05, 0.1) is 6.61 Å². The van der Waals surface area contributed by atoms with Crippen LogP contribution in [0.25, 0.3) is 0 Å². The highest BCUT2D eigenvalue weighted by Gasteiger charge is 1.98. The Balaban J connectivity index is 2.27. The largest absolute Gasteiger partial charge is 0.389 e. The molecule has 0 aliphatic rings. The maximum absolute atomic E-state index is 10.4. The van der Waals surface area contributed by atoms with Crippen molar-refractivity contribution in [3.05, 3.63) is 23.9 Å². The van der Waals surface area contributed by atoms with Gasteiger partial charge in [-0.25, -0.2) is 4.98 Å². The van der Waals surface area contributed by atoms with Crippen molar-refractivity contribution in [1.82, 2.24) is 4.98 Å². The van der Waals surface area contributed by atoms with Crippen LogP contribution in [0.5, 0.6) is 0 Å². The number of nitrogens with one attached hydrogen (secondary N) is 1. The number of pyridine rings is 1. The second-order valence-corrected chi connectivity index (χ2v) is 3.68. The predicted molar refractivity (Wildman–Crippen MR) is 68.6 cm³/mol. The third kappa shape index (κ3) is 5.23. The molecule has 6 nitrogen and oxygen atoms in total. The van der Waals surface area contributed by atoms with Crippen LogP contribution in [0.2, 0.25) is 0 Å². The molecule has 1 rings (SSSR count). The molecule has 0 aromatic carbocycles. The van der Waals surface area contributed by atoms with Gasteiger partial charge in [0.25, 0.3) is 0 Å². The summed E-state index contributed by atoms with van der Waals surface area (Å²) in [6.07, 6.45) is 1.59. The van der Waals surface area contributed by atoms with Gasteiger partial charge in [0.2, 0.25) is 5.91 Å². The summed E-state index contributed by atoms with van der Waals surface area (Å²) in [4.78, 5) is 14.8. The summed E-state index contributed by atoms with van der Waals surface area (Å²) in [7, 11) is 0. The Labute approximate surface area is 104 Å². The summed E-state index contributed by atoms with van der Waals surface area (Å²) in [6, 6.07) is 3.55. The molecule has 0 radical (unpaired) electrons. The zero-order chi connectivity index (χ0) is 12.7. The van der Waals surface area contributed by atoms with Crippen LogP contribution in [-0.2, 0) is 9.53 Å². The number of ether oxygens (including phenoxy) is 1. The summed E-state index contributed by atoms with van der Waals surface area (Å²) in [5.41, 5.74) is 11.1. The zero-order valence-electron chi connectivity index (χ0n) is 9.18. The minimum absolute atomic E-state index is 0.0739. The Morgan fingerprint density at radius 3 is 2.76 bits per heavy atom. The van der Waals surface area contributed by atoms with Gasteiger partial charge in [-0.15, -0.1) is 0 Å². The number of amides is 1. The van der Waals surface area contributed by atoms with Crippen LogP contribution in [0.15, 0.2) is 18.3 Å². The number of aromatic nitrogens is 1. The molecular weight excluding hydrogens is 240 g/mol. The highest BCUT2D eigenvalue weighted by atomic mass is 32.1. The van der Waals surface area contributed by atoms with Crippen LogP contribution < -0.4 is 16.8 Å². The molecule has 1 aromatic heterocycles. The number of carbonyl (C=O) groups excluding carboxylic acids is 1. The van der Waals surface area contributed by atoms with E-state index >= 15 is 0 Å². The van der Waals surface area contributed by atoms with Crippen LogP contribution in [0.4, 0.5) is 5.82 Å². The molecule has 0 saturated carbocycles. The summed E-state index contributed by atoms with van der Waals surface area (Å²) in [6.45, 7) is 0.837. The molecule has 1 amide bonds. The van der Waals surface area contributed by atoms with E-state index < -0.39 is 5.91 Å². The molecule has 0 unspecified atom stereocenters. The van der Waals surface area contributed by atoms with Gasteiger partial charge < -0.3 is 21.5 Å². The highest BCUT2D eigenvalue weighted by Crippen LogP contribution is 2.04. The highest BCUT2D eigenvalue weighted by molar-refractivity contribution is 7.80. The van der Waals surface area contributed by atoms with E-state index in [2.05, 4.69) is 10.3 Å². The molecule has 92 valence electrons. The zero-order valence-corrected chi connectivity index (χ0v) is 10.00. The molecule has 0 saturated heterocycles. The Kier molecular flexibility index (Phi) is 5.31. The van der Waals surface area contributed by atoms with Gasteiger partial charge in [-0.2, -0.15) is 0 Å². The average Bonchev–Trinajstić information content (AvgIpc) is 2.29. The minimum Gasteiger partial charge on any atom is -0.389 e. The van der Waals surface area contributed by atoms with Gasteiger partial charge in [-0.05, 0) is 12.1 Å². The Bertz CT molecular complexity index is 394. The van der Waals surface area contributed by atoms with E-state index in [1.807, 2.05) is 0 Å². The molecular formula is C10H14N4O2S. The molecule has 0 fully saturated rings. The molecule has 1 heterocycles. The normalized spacial score (nSPS) is 9.88. The van der Waals surface area contributed by atoms with E-state index in [9.17, 15) is 4.79 Å². The number of hydrogen-bond acceptors (Lipinski definition) is 5. The first-order chi connectivity index (χ1) is 8.09. The van der Waals surface area contributed by atoms with Crippen molar-refractivity contribution in [3.8, 4) is 0 Å². The molecule has 0 atom stereocenters. The maximum Gasteiger partial charge on any atom is 0.243 e. The van der Waals surface area contributed by atoms with E-state index in [0.29, 0.717) is 24.0 Å². The number of primary amides is 1. The van der Waals surface area contributed by atoms with E-state index in [4.69, 9.17) is 28.4 Å². The lowest BCUT2D eigenvalue weighted by Gasteiger charge is -2.06. The Morgan fingerprint density at radius 1 is 1.47 bits per heavy atom. The number of rotatable bonds is 7. The van der Waals surface area contributed by atoms with Crippen LogP contribution in [-0.4, -0.2) is 35.6 Å². The van der Waals surface area contributed by atoms with Crippen molar-refractivity contribution < 1.29 is 9.53 Å². The molecule has 0 bridgehead atoms. The molecule has 0 aliphatic carbocycles. The molecule has 17 heavy (non-hydrogen) atoms. The number of carbonyl (C=O) groups is 1. The maximum atomic E-state index is 10.4. The monoisotopic (exact) mass is 254 g/mol. The molecule has 7 heteroatoms. The van der Waals surface area contributed by atoms with Gasteiger partial charge >= 0.3 is 0 Å². The number of thiocarbonyl (C=S) groups is 1. The van der Waals surface area contributed by atoms with Crippen LogP contribution in [0, 0.1) is 0 Å². The smallest absolute Gasteiger partial charge is 0.243 e. The quantitative estimate of drug-likeness (QED) is 0.453. The molecule has 0 aliphatic heterocycles. The fourth-order valence-electron chi connectivity index (χ4n) is 1.07. The summed E-state index contributed by atoms with van der Waals surface area (Å²) in [5, 5.41) is 3.01. The minimum atomic E-state index is -0.482. The first-order valence-electron chi connectivity index (χ1n) is 4.95. The summed E-state index contributed by atoms with van der Waals surface area (Å²) < 4.78 is 4.97. The first kappa shape index (κ1) is 13.3. The second kappa shape index (κ2) is 6.77. The number of nitrogens with two attached hydrogens (primary N) is 2. The lowest BCUT2D eigenvalue weighted by Crippen LogP contribution is -2.20. The van der Waals surface area contributed by atoms with Crippen LogP contribution in [0.3, 0.4) is 0 Å². The summed E-state index contributed by atoms with van der Waals surface area (Å²) >= 11 is 4.81. The van der Waals surface area contributed by atoms with Gasteiger partial charge in [-0.3, -0.25) is 4.79 Å². The topological polar surface area (TPSA) is 103 Å². The number of anilines is 1. The second-order valence-electron chi connectivity index (χ2n) is 3.24. The van der Waals surface area contributed by atoms with Gasteiger partial charge in [0.1, 0.15) is 17.4 Å². The van der Waals surface area contributed by atoms with Crippen molar-refractivity contribution in [2.24, 2.45) is 11.5 Å². The third-order valence-corrected chi connectivity index (χ3v) is 2.08. The predicted octanol–water partition coefficient (Wildman–Crippen LogP) is -0.370.